The molecule has 2 aromatic rings. The molecule has 0 aliphatic carbocycles. The van der Waals surface area contributed by atoms with Gasteiger partial charge in [-0.3, -0.25) is 9.69 Å². The van der Waals surface area contributed by atoms with Crippen molar-refractivity contribution in [3.63, 3.8) is 0 Å². The fourth-order valence-electron chi connectivity index (χ4n) is 3.13. The monoisotopic (exact) mass is 382 g/mol. The Balaban J connectivity index is 1.39. The van der Waals surface area contributed by atoms with Crippen LogP contribution in [0, 0.1) is 0 Å². The lowest BCUT2D eigenvalue weighted by Crippen LogP contribution is -2.35. The summed E-state index contributed by atoms with van der Waals surface area (Å²) >= 11 is 0. The second kappa shape index (κ2) is 10.2. The van der Waals surface area contributed by atoms with Gasteiger partial charge in [-0.25, -0.2) is 0 Å². The van der Waals surface area contributed by atoms with Gasteiger partial charge in [-0.15, -0.1) is 0 Å². The van der Waals surface area contributed by atoms with Crippen LogP contribution in [0.4, 0.5) is 0 Å². The van der Waals surface area contributed by atoms with E-state index in [-0.39, 0.29) is 12.5 Å². The molecule has 1 amide bonds. The van der Waals surface area contributed by atoms with Crippen molar-refractivity contribution < 1.29 is 14.3 Å². The molecule has 0 unspecified atom stereocenters. The van der Waals surface area contributed by atoms with Crippen LogP contribution in [0.2, 0.25) is 0 Å². The molecular weight excluding hydrogens is 352 g/mol. The number of benzene rings is 2. The van der Waals surface area contributed by atoms with Crippen LogP contribution in [0.15, 0.2) is 48.5 Å². The van der Waals surface area contributed by atoms with Gasteiger partial charge in [-0.05, 0) is 34.7 Å². The Bertz CT molecular complexity index is 735. The molecule has 5 nitrogen and oxygen atoms in total. The van der Waals surface area contributed by atoms with Crippen LogP contribution in [-0.2, 0) is 22.6 Å². The number of rotatable bonds is 8. The number of ether oxygens (including phenoxy) is 2. The predicted molar refractivity (Wildman–Crippen MR) is 110 cm³/mol. The smallest absolute Gasteiger partial charge is 0.258 e. The van der Waals surface area contributed by atoms with Gasteiger partial charge in [-0.2, -0.15) is 0 Å². The van der Waals surface area contributed by atoms with Crippen LogP contribution >= 0.6 is 0 Å². The number of nitrogens with one attached hydrogen (secondary N) is 1. The molecule has 28 heavy (non-hydrogen) atoms. The van der Waals surface area contributed by atoms with Crippen LogP contribution < -0.4 is 10.1 Å². The standard InChI is InChI=1S/C23H30N2O3/c1-18(2)21-7-9-22(10-8-21)28-17-23(26)24-15-19-3-5-20(6-4-19)16-25-11-13-27-14-12-25/h3-10,18H,11-17H2,1-2H3,(H,24,26). The van der Waals surface area contributed by atoms with E-state index in [1.165, 1.54) is 11.1 Å². The Morgan fingerprint density at radius 3 is 2.32 bits per heavy atom. The molecule has 1 saturated heterocycles. The Morgan fingerprint density at radius 1 is 1.04 bits per heavy atom. The van der Waals surface area contributed by atoms with Gasteiger partial charge in [0, 0.05) is 26.2 Å². The van der Waals surface area contributed by atoms with Crippen molar-refractivity contribution in [2.45, 2.75) is 32.9 Å². The van der Waals surface area contributed by atoms with Crippen LogP contribution in [0.25, 0.3) is 0 Å². The largest absolute Gasteiger partial charge is 0.484 e. The first-order valence-electron chi connectivity index (χ1n) is 9.97. The highest BCUT2D eigenvalue weighted by Gasteiger charge is 2.10. The molecule has 0 bridgehead atoms. The highest BCUT2D eigenvalue weighted by molar-refractivity contribution is 5.77. The summed E-state index contributed by atoms with van der Waals surface area (Å²) in [5.74, 6) is 1.08. The number of hydrogen-bond donors (Lipinski definition) is 1. The summed E-state index contributed by atoms with van der Waals surface area (Å²) < 4.78 is 10.9. The summed E-state index contributed by atoms with van der Waals surface area (Å²) in [6.07, 6.45) is 0. The molecule has 0 aromatic heterocycles. The molecule has 0 saturated carbocycles. The Hall–Kier alpha value is -2.37. The zero-order valence-electron chi connectivity index (χ0n) is 16.8. The molecule has 1 fully saturated rings. The van der Waals surface area contributed by atoms with Gasteiger partial charge in [0.2, 0.25) is 0 Å². The zero-order chi connectivity index (χ0) is 19.8. The van der Waals surface area contributed by atoms with Gasteiger partial charge >= 0.3 is 0 Å². The molecule has 1 aliphatic heterocycles. The molecule has 0 atom stereocenters. The minimum absolute atomic E-state index is 0.0239. The van der Waals surface area contributed by atoms with Gasteiger partial charge in [-0.1, -0.05) is 50.2 Å². The first kappa shape index (κ1) is 20.4. The molecule has 5 heteroatoms. The SMILES string of the molecule is CC(C)c1ccc(OCC(=O)NCc2ccc(CN3CCOCC3)cc2)cc1. The normalized spacial score (nSPS) is 14.8. The van der Waals surface area contributed by atoms with Crippen molar-refractivity contribution in [2.24, 2.45) is 0 Å². The van der Waals surface area contributed by atoms with Gasteiger partial charge < -0.3 is 14.8 Å². The zero-order valence-corrected chi connectivity index (χ0v) is 16.8. The van der Waals surface area contributed by atoms with E-state index in [2.05, 4.69) is 48.3 Å². The predicted octanol–water partition coefficient (Wildman–Crippen LogP) is 3.34. The first-order valence-corrected chi connectivity index (χ1v) is 9.97. The second-order valence-electron chi connectivity index (χ2n) is 7.49. The maximum Gasteiger partial charge on any atom is 0.258 e. The number of nitrogens with zero attached hydrogens (tertiary/aromatic N) is 1. The molecule has 1 heterocycles. The number of carbonyl (C=O) groups excluding carboxylic acids is 1. The van der Waals surface area contributed by atoms with E-state index in [1.54, 1.807) is 0 Å². The molecule has 150 valence electrons. The van der Waals surface area contributed by atoms with E-state index in [9.17, 15) is 4.79 Å². The van der Waals surface area contributed by atoms with Crippen LogP contribution in [0.1, 0.15) is 36.5 Å². The molecular formula is C23H30N2O3. The Labute approximate surface area is 167 Å². The highest BCUT2D eigenvalue weighted by atomic mass is 16.5. The van der Waals surface area contributed by atoms with Crippen molar-refractivity contribution in [2.75, 3.05) is 32.9 Å². The molecule has 3 rings (SSSR count). The topological polar surface area (TPSA) is 50.8 Å². The van der Waals surface area contributed by atoms with Crippen LogP contribution in [0.3, 0.4) is 0 Å². The van der Waals surface area contributed by atoms with Gasteiger partial charge in [0.15, 0.2) is 6.61 Å². The van der Waals surface area contributed by atoms with Crippen molar-refractivity contribution >= 4 is 5.91 Å². The van der Waals surface area contributed by atoms with Crippen molar-refractivity contribution in [1.82, 2.24) is 10.2 Å². The maximum atomic E-state index is 12.0. The summed E-state index contributed by atoms with van der Waals surface area (Å²) in [5.41, 5.74) is 3.62. The van der Waals surface area contributed by atoms with Gasteiger partial charge in [0.25, 0.3) is 5.91 Å². The van der Waals surface area contributed by atoms with E-state index in [0.29, 0.717) is 18.2 Å². The summed E-state index contributed by atoms with van der Waals surface area (Å²) in [7, 11) is 0. The lowest BCUT2D eigenvalue weighted by atomic mass is 10.0. The van der Waals surface area contributed by atoms with E-state index in [4.69, 9.17) is 9.47 Å². The van der Waals surface area contributed by atoms with E-state index in [1.807, 2.05) is 24.3 Å². The highest BCUT2D eigenvalue weighted by Crippen LogP contribution is 2.18. The third-order valence-electron chi connectivity index (χ3n) is 4.94. The minimum Gasteiger partial charge on any atom is -0.484 e. The third-order valence-corrected chi connectivity index (χ3v) is 4.94. The number of amides is 1. The van der Waals surface area contributed by atoms with Crippen molar-refractivity contribution in [3.05, 3.63) is 65.2 Å². The Morgan fingerprint density at radius 2 is 1.68 bits per heavy atom. The fraction of sp³-hybridized carbons (Fsp3) is 0.435. The quantitative estimate of drug-likeness (QED) is 0.761. The number of hydrogen-bond acceptors (Lipinski definition) is 4. The third kappa shape index (κ3) is 6.36. The summed E-state index contributed by atoms with van der Waals surface area (Å²) in [6, 6.07) is 16.3. The first-order chi connectivity index (χ1) is 13.6. The average Bonchev–Trinajstić information content (AvgIpc) is 2.73. The van der Waals surface area contributed by atoms with Gasteiger partial charge in [0.05, 0.1) is 13.2 Å². The van der Waals surface area contributed by atoms with Crippen molar-refractivity contribution in [3.8, 4) is 5.75 Å². The van der Waals surface area contributed by atoms with Gasteiger partial charge in [0.1, 0.15) is 5.75 Å². The molecule has 1 N–H and O–H groups in total. The molecule has 0 radical (unpaired) electrons. The van der Waals surface area contributed by atoms with E-state index >= 15 is 0 Å². The lowest BCUT2D eigenvalue weighted by Gasteiger charge is -2.26. The van der Waals surface area contributed by atoms with Crippen LogP contribution in [0.5, 0.6) is 5.75 Å². The molecule has 2 aromatic carbocycles. The summed E-state index contributed by atoms with van der Waals surface area (Å²) in [5, 5.41) is 2.91. The maximum absolute atomic E-state index is 12.0. The lowest BCUT2D eigenvalue weighted by molar-refractivity contribution is -0.123. The summed E-state index contributed by atoms with van der Waals surface area (Å²) in [4.78, 5) is 14.4. The summed E-state index contributed by atoms with van der Waals surface area (Å²) in [6.45, 7) is 9.37. The van der Waals surface area contributed by atoms with E-state index in [0.717, 1.165) is 38.4 Å². The minimum atomic E-state index is -0.120. The molecule has 0 spiro atoms. The molecule has 1 aliphatic rings. The Kier molecular flexibility index (Phi) is 7.46. The number of morpholine rings is 1. The van der Waals surface area contributed by atoms with Crippen molar-refractivity contribution in [1.29, 1.82) is 0 Å². The van der Waals surface area contributed by atoms with Crippen LogP contribution in [-0.4, -0.2) is 43.7 Å². The number of carbonyl (C=O) groups is 1. The second-order valence-corrected chi connectivity index (χ2v) is 7.49. The average molecular weight is 383 g/mol. The van der Waals surface area contributed by atoms with E-state index < -0.39 is 0 Å². The fourth-order valence-corrected chi connectivity index (χ4v) is 3.13.